The van der Waals surface area contributed by atoms with Crippen LogP contribution in [0, 0.1) is 12.3 Å². The van der Waals surface area contributed by atoms with Crippen LogP contribution in [0.1, 0.15) is 0 Å². The fraction of sp³-hybridized carbons (Fsp3) is 0.667. The van der Waals surface area contributed by atoms with Gasteiger partial charge in [-0.1, -0.05) is 5.92 Å². The second-order valence-corrected chi connectivity index (χ2v) is 3.22. The van der Waals surface area contributed by atoms with E-state index in [-0.39, 0.29) is 6.61 Å². The van der Waals surface area contributed by atoms with Crippen LogP contribution in [0.25, 0.3) is 0 Å². The van der Waals surface area contributed by atoms with Crippen molar-refractivity contribution in [2.45, 2.75) is 0 Å². The molecule has 4 heteroatoms. The fourth-order valence-electron chi connectivity index (χ4n) is 0.350. The first-order valence-corrected chi connectivity index (χ1v) is 4.58. The van der Waals surface area contributed by atoms with Crippen LogP contribution in [0.3, 0.4) is 0 Å². The Bertz CT molecular complexity index is 141. The van der Waals surface area contributed by atoms with E-state index < -0.39 is 10.8 Å². The van der Waals surface area contributed by atoms with Gasteiger partial charge in [-0.15, -0.1) is 6.42 Å². The normalized spacial score (nSPS) is 12.4. The van der Waals surface area contributed by atoms with Crippen LogP contribution in [-0.4, -0.2) is 29.4 Å². The maximum Gasteiger partial charge on any atom is 0.128 e. The van der Waals surface area contributed by atoms with Crippen molar-refractivity contribution < 1.29 is 9.05 Å². The first-order valence-electron chi connectivity index (χ1n) is 2.85. The molecule has 0 aromatic rings. The van der Waals surface area contributed by atoms with E-state index in [1.165, 1.54) is 0 Å². The van der Waals surface area contributed by atoms with Gasteiger partial charge in [0.1, 0.15) is 6.61 Å². The molecule has 0 amide bonds. The van der Waals surface area contributed by atoms with Crippen molar-refractivity contribution in [3.63, 3.8) is 0 Å². The maximum atomic E-state index is 10.5. The van der Waals surface area contributed by atoms with E-state index in [0.717, 1.165) is 0 Å². The van der Waals surface area contributed by atoms with Crippen LogP contribution in [0.2, 0.25) is 0 Å². The topological polar surface area (TPSA) is 38.3 Å². The van der Waals surface area contributed by atoms with Gasteiger partial charge in [-0.05, 0) is 0 Å². The van der Waals surface area contributed by atoms with Crippen molar-refractivity contribution in [3.05, 3.63) is 0 Å². The zero-order valence-electron chi connectivity index (χ0n) is 5.92. The maximum absolute atomic E-state index is 10.5. The van der Waals surface area contributed by atoms with Crippen molar-refractivity contribution in [3.8, 4) is 12.3 Å². The summed E-state index contributed by atoms with van der Waals surface area (Å²) in [6.07, 6.45) is 6.54. The number of hydroxylamine groups is 1. The fourth-order valence-corrected chi connectivity index (χ4v) is 0.721. The first kappa shape index (κ1) is 9.63. The van der Waals surface area contributed by atoms with E-state index >= 15 is 0 Å². The van der Waals surface area contributed by atoms with Gasteiger partial charge >= 0.3 is 0 Å². The van der Waals surface area contributed by atoms with Crippen LogP contribution >= 0.6 is 0 Å². The minimum absolute atomic E-state index is 0.246. The van der Waals surface area contributed by atoms with E-state index in [4.69, 9.17) is 11.3 Å². The lowest BCUT2D eigenvalue weighted by atomic mass is 10.8. The summed E-state index contributed by atoms with van der Waals surface area (Å²) in [6.45, 7) is 0.821. The van der Waals surface area contributed by atoms with Gasteiger partial charge in [0.05, 0.1) is 0 Å². The van der Waals surface area contributed by atoms with Crippen molar-refractivity contribution in [2.75, 3.05) is 25.2 Å². The molecule has 0 spiro atoms. The van der Waals surface area contributed by atoms with Gasteiger partial charge in [0.15, 0.2) is 0 Å². The Morgan fingerprint density at radius 1 is 1.80 bits per heavy atom. The average molecular weight is 161 g/mol. The van der Waals surface area contributed by atoms with Crippen LogP contribution in [0.4, 0.5) is 0 Å². The van der Waals surface area contributed by atoms with Crippen molar-refractivity contribution in [2.24, 2.45) is 0 Å². The zero-order valence-corrected chi connectivity index (χ0v) is 6.74. The SMILES string of the molecule is C#CCONCCS(C)=O. The van der Waals surface area contributed by atoms with Crippen LogP contribution < -0.4 is 5.48 Å². The lowest BCUT2D eigenvalue weighted by Crippen LogP contribution is -2.20. The number of hydrogen-bond acceptors (Lipinski definition) is 3. The van der Waals surface area contributed by atoms with Gasteiger partial charge in [0, 0.05) is 29.4 Å². The third-order valence-corrected chi connectivity index (χ3v) is 1.53. The average Bonchev–Trinajstić information content (AvgIpc) is 1.87. The van der Waals surface area contributed by atoms with E-state index in [1.54, 1.807) is 6.26 Å². The predicted molar refractivity (Wildman–Crippen MR) is 41.7 cm³/mol. The summed E-state index contributed by atoms with van der Waals surface area (Å²) < 4.78 is 10.5. The minimum atomic E-state index is -0.765. The number of hydrogen-bond donors (Lipinski definition) is 1. The molecule has 0 radical (unpaired) electrons. The van der Waals surface area contributed by atoms with Crippen molar-refractivity contribution in [1.82, 2.24) is 5.48 Å². The quantitative estimate of drug-likeness (QED) is 0.336. The lowest BCUT2D eigenvalue weighted by Gasteiger charge is -1.99. The molecular formula is C6H11NO2S. The molecule has 58 valence electrons. The van der Waals surface area contributed by atoms with Gasteiger partial charge in [-0.25, -0.2) is 5.48 Å². The summed E-state index contributed by atoms with van der Waals surface area (Å²) >= 11 is 0. The molecule has 0 bridgehead atoms. The molecule has 0 saturated carbocycles. The zero-order chi connectivity index (χ0) is 7.82. The van der Waals surface area contributed by atoms with E-state index in [0.29, 0.717) is 12.3 Å². The van der Waals surface area contributed by atoms with Crippen LogP contribution in [0.15, 0.2) is 0 Å². The second kappa shape index (κ2) is 6.75. The highest BCUT2D eigenvalue weighted by molar-refractivity contribution is 7.84. The molecule has 0 aliphatic carbocycles. The summed E-state index contributed by atoms with van der Waals surface area (Å²) in [5, 5.41) is 0. The van der Waals surface area contributed by atoms with Crippen molar-refractivity contribution in [1.29, 1.82) is 0 Å². The van der Waals surface area contributed by atoms with Crippen LogP contribution in [0.5, 0.6) is 0 Å². The molecule has 1 atom stereocenters. The Morgan fingerprint density at radius 3 is 3.00 bits per heavy atom. The Morgan fingerprint density at radius 2 is 2.50 bits per heavy atom. The molecule has 10 heavy (non-hydrogen) atoms. The monoisotopic (exact) mass is 161 g/mol. The molecule has 1 N–H and O–H groups in total. The smallest absolute Gasteiger partial charge is 0.128 e. The second-order valence-electron chi connectivity index (χ2n) is 1.66. The molecule has 0 heterocycles. The molecule has 1 unspecified atom stereocenters. The predicted octanol–water partition coefficient (Wildman–Crippen LogP) is -0.481. The summed E-state index contributed by atoms with van der Waals surface area (Å²) in [4.78, 5) is 4.71. The molecule has 3 nitrogen and oxygen atoms in total. The molecule has 0 saturated heterocycles. The number of nitrogens with one attached hydrogen (secondary N) is 1. The van der Waals surface area contributed by atoms with Gasteiger partial charge in [-0.2, -0.15) is 0 Å². The summed E-state index contributed by atoms with van der Waals surface area (Å²) in [7, 11) is -0.765. The highest BCUT2D eigenvalue weighted by Crippen LogP contribution is 1.71. The molecule has 0 fully saturated rings. The highest BCUT2D eigenvalue weighted by Gasteiger charge is 1.88. The van der Waals surface area contributed by atoms with E-state index in [2.05, 4.69) is 11.4 Å². The molecule has 0 aromatic heterocycles. The standard InChI is InChI=1S/C6H11NO2S/c1-3-5-9-7-4-6-10(2)8/h1,7H,4-6H2,2H3. The summed E-state index contributed by atoms with van der Waals surface area (Å²) in [5.41, 5.74) is 2.58. The van der Waals surface area contributed by atoms with Gasteiger partial charge in [-0.3, -0.25) is 9.05 Å². The number of rotatable bonds is 5. The third-order valence-electron chi connectivity index (χ3n) is 0.749. The summed E-state index contributed by atoms with van der Waals surface area (Å²) in [6, 6.07) is 0. The van der Waals surface area contributed by atoms with Gasteiger partial charge < -0.3 is 0 Å². The number of terminal acetylenes is 1. The Kier molecular flexibility index (Phi) is 6.50. The van der Waals surface area contributed by atoms with E-state index in [1.807, 2.05) is 0 Å². The Balaban J connectivity index is 2.92. The first-order chi connectivity index (χ1) is 4.77. The largest absolute Gasteiger partial charge is 0.289 e. The summed E-state index contributed by atoms with van der Waals surface area (Å²) in [5.74, 6) is 2.88. The van der Waals surface area contributed by atoms with E-state index in [9.17, 15) is 4.21 Å². The Labute approximate surface area is 63.6 Å². The molecule has 0 aliphatic heterocycles. The van der Waals surface area contributed by atoms with Crippen LogP contribution in [-0.2, 0) is 15.6 Å². The molecule has 0 rings (SSSR count). The lowest BCUT2D eigenvalue weighted by molar-refractivity contribution is 0.0709. The van der Waals surface area contributed by atoms with Gasteiger partial charge in [0.25, 0.3) is 0 Å². The third kappa shape index (κ3) is 7.63. The molecule has 0 aromatic carbocycles. The Hall–Kier alpha value is -0.370. The minimum Gasteiger partial charge on any atom is -0.289 e. The van der Waals surface area contributed by atoms with Gasteiger partial charge in [0.2, 0.25) is 0 Å². The molecular weight excluding hydrogens is 150 g/mol. The van der Waals surface area contributed by atoms with Crippen molar-refractivity contribution >= 4 is 10.8 Å². The molecule has 0 aliphatic rings. The highest BCUT2D eigenvalue weighted by atomic mass is 32.2.